The second kappa shape index (κ2) is 11.5. The highest BCUT2D eigenvalue weighted by Gasteiger charge is 2.10. The molecule has 0 aliphatic heterocycles. The molecule has 3 amide bonds. The summed E-state index contributed by atoms with van der Waals surface area (Å²) in [5.41, 5.74) is 6.03. The number of nitrogens with one attached hydrogen (secondary N) is 3. The van der Waals surface area contributed by atoms with Crippen LogP contribution in [0.1, 0.15) is 42.6 Å². The van der Waals surface area contributed by atoms with E-state index in [1.807, 2.05) is 30.3 Å². The fourth-order valence-electron chi connectivity index (χ4n) is 2.34. The average Bonchev–Trinajstić information content (AvgIpc) is 2.74. The van der Waals surface area contributed by atoms with E-state index >= 15 is 0 Å². The zero-order valence-corrected chi connectivity index (χ0v) is 16.7. The van der Waals surface area contributed by atoms with Crippen molar-refractivity contribution < 1.29 is 19.1 Å². The molecule has 0 spiro atoms. The Morgan fingerprint density at radius 3 is 2.17 bits per heavy atom. The average molecular weight is 397 g/mol. The van der Waals surface area contributed by atoms with Crippen molar-refractivity contribution in [2.45, 2.75) is 33.2 Å². The first-order valence-electron chi connectivity index (χ1n) is 9.56. The molecule has 0 aliphatic rings. The molecule has 0 aliphatic carbocycles. The van der Waals surface area contributed by atoms with Crippen LogP contribution in [0.2, 0.25) is 0 Å². The topological polar surface area (TPSA) is 96.5 Å². The predicted molar refractivity (Wildman–Crippen MR) is 110 cm³/mol. The summed E-state index contributed by atoms with van der Waals surface area (Å²) in [7, 11) is 0. The van der Waals surface area contributed by atoms with Crippen LogP contribution in [0.3, 0.4) is 0 Å². The molecule has 0 saturated carbocycles. The van der Waals surface area contributed by atoms with E-state index in [-0.39, 0.29) is 18.7 Å². The van der Waals surface area contributed by atoms with Crippen molar-refractivity contribution >= 4 is 17.7 Å². The lowest BCUT2D eigenvalue weighted by atomic mass is 10.2. The molecule has 0 atom stereocenters. The van der Waals surface area contributed by atoms with Gasteiger partial charge in [0, 0.05) is 24.9 Å². The molecular weight excluding hydrogens is 370 g/mol. The van der Waals surface area contributed by atoms with E-state index in [1.54, 1.807) is 24.3 Å². The monoisotopic (exact) mass is 397 g/mol. The lowest BCUT2D eigenvalue weighted by Gasteiger charge is -2.10. The number of amides is 3. The van der Waals surface area contributed by atoms with Gasteiger partial charge in [-0.2, -0.15) is 0 Å². The van der Waals surface area contributed by atoms with Crippen LogP contribution < -0.4 is 20.9 Å². The van der Waals surface area contributed by atoms with E-state index in [1.165, 1.54) is 0 Å². The van der Waals surface area contributed by atoms with Crippen molar-refractivity contribution in [1.29, 1.82) is 0 Å². The molecule has 7 nitrogen and oxygen atoms in total. The van der Waals surface area contributed by atoms with Crippen LogP contribution in [0.5, 0.6) is 5.75 Å². The summed E-state index contributed by atoms with van der Waals surface area (Å²) in [4.78, 5) is 35.7. The summed E-state index contributed by atoms with van der Waals surface area (Å²) in [5.74, 6) is -0.0193. The zero-order chi connectivity index (χ0) is 21.1. The van der Waals surface area contributed by atoms with Crippen LogP contribution in [0, 0.1) is 5.92 Å². The quantitative estimate of drug-likeness (QED) is 0.567. The van der Waals surface area contributed by atoms with Gasteiger partial charge >= 0.3 is 0 Å². The number of carbonyl (C=O) groups excluding carboxylic acids is 3. The molecule has 2 rings (SSSR count). The minimum absolute atomic E-state index is 0.0249. The maximum Gasteiger partial charge on any atom is 0.269 e. The summed E-state index contributed by atoms with van der Waals surface area (Å²) in [5, 5.41) is 2.75. The number of carbonyl (C=O) groups is 3. The first-order valence-corrected chi connectivity index (χ1v) is 9.56. The molecule has 154 valence electrons. The number of ether oxygens (including phenoxy) is 1. The molecule has 0 aromatic heterocycles. The highest BCUT2D eigenvalue weighted by molar-refractivity contribution is 5.95. The van der Waals surface area contributed by atoms with E-state index in [4.69, 9.17) is 4.74 Å². The van der Waals surface area contributed by atoms with Crippen LogP contribution in [0.15, 0.2) is 54.6 Å². The van der Waals surface area contributed by atoms with Crippen molar-refractivity contribution in [1.82, 2.24) is 16.2 Å². The molecule has 0 bridgehead atoms. The lowest BCUT2D eigenvalue weighted by Crippen LogP contribution is -2.42. The maximum atomic E-state index is 12.1. The van der Waals surface area contributed by atoms with Gasteiger partial charge in [-0.05, 0) is 35.7 Å². The number of hydrazine groups is 1. The summed E-state index contributed by atoms with van der Waals surface area (Å²) in [6.45, 7) is 5.12. The molecule has 2 aromatic carbocycles. The van der Waals surface area contributed by atoms with Crippen molar-refractivity contribution in [2.75, 3.05) is 6.61 Å². The van der Waals surface area contributed by atoms with Gasteiger partial charge in [0.25, 0.3) is 5.91 Å². The number of hydrogen-bond acceptors (Lipinski definition) is 4. The van der Waals surface area contributed by atoms with Crippen molar-refractivity contribution in [3.63, 3.8) is 0 Å². The van der Waals surface area contributed by atoms with Gasteiger partial charge in [0.15, 0.2) is 0 Å². The van der Waals surface area contributed by atoms with E-state index < -0.39 is 11.8 Å². The van der Waals surface area contributed by atoms with Crippen LogP contribution in [-0.4, -0.2) is 24.3 Å². The Balaban J connectivity index is 1.66. The summed E-state index contributed by atoms with van der Waals surface area (Å²) >= 11 is 0. The van der Waals surface area contributed by atoms with E-state index in [2.05, 4.69) is 30.0 Å². The van der Waals surface area contributed by atoms with Crippen molar-refractivity contribution in [3.05, 3.63) is 65.7 Å². The van der Waals surface area contributed by atoms with Crippen LogP contribution in [-0.2, 0) is 16.1 Å². The van der Waals surface area contributed by atoms with Crippen LogP contribution in [0.4, 0.5) is 0 Å². The van der Waals surface area contributed by atoms with Gasteiger partial charge in [0.2, 0.25) is 11.8 Å². The molecular formula is C22H27N3O4. The third-order valence-corrected chi connectivity index (χ3v) is 3.93. The van der Waals surface area contributed by atoms with Gasteiger partial charge in [-0.1, -0.05) is 44.2 Å². The Bertz CT molecular complexity index is 805. The summed E-state index contributed by atoms with van der Waals surface area (Å²) in [6.07, 6.45) is 0.0132. The minimum atomic E-state index is -0.442. The molecule has 7 heteroatoms. The van der Waals surface area contributed by atoms with Gasteiger partial charge in [-0.3, -0.25) is 25.2 Å². The Morgan fingerprint density at radius 1 is 0.862 bits per heavy atom. The van der Waals surface area contributed by atoms with Gasteiger partial charge in [0.1, 0.15) is 5.75 Å². The molecule has 0 unspecified atom stereocenters. The van der Waals surface area contributed by atoms with E-state index in [0.29, 0.717) is 30.4 Å². The van der Waals surface area contributed by atoms with Gasteiger partial charge < -0.3 is 10.1 Å². The standard InChI is InChI=1S/C22H27N3O4/c1-16(2)15-29-19-10-8-18(9-11-19)22(28)25-24-21(27)13-12-20(26)23-14-17-6-4-3-5-7-17/h3-11,16H,12-15H2,1-2H3,(H,23,26)(H,24,27)(H,25,28). The fourth-order valence-corrected chi connectivity index (χ4v) is 2.34. The SMILES string of the molecule is CC(C)COc1ccc(C(=O)NNC(=O)CCC(=O)NCc2ccccc2)cc1. The smallest absolute Gasteiger partial charge is 0.269 e. The van der Waals surface area contributed by atoms with Crippen molar-refractivity contribution in [3.8, 4) is 5.75 Å². The second-order valence-electron chi connectivity index (χ2n) is 6.99. The fraction of sp³-hybridized carbons (Fsp3) is 0.318. The summed E-state index contributed by atoms with van der Waals surface area (Å²) in [6, 6.07) is 16.2. The van der Waals surface area contributed by atoms with Gasteiger partial charge in [0.05, 0.1) is 6.61 Å². The van der Waals surface area contributed by atoms with Gasteiger partial charge in [-0.15, -0.1) is 0 Å². The third-order valence-electron chi connectivity index (χ3n) is 3.93. The largest absolute Gasteiger partial charge is 0.493 e. The number of hydrogen-bond donors (Lipinski definition) is 3. The minimum Gasteiger partial charge on any atom is -0.493 e. The molecule has 29 heavy (non-hydrogen) atoms. The Labute approximate surface area is 170 Å². The van der Waals surface area contributed by atoms with Crippen molar-refractivity contribution in [2.24, 2.45) is 5.92 Å². The van der Waals surface area contributed by atoms with Gasteiger partial charge in [-0.25, -0.2) is 0 Å². The molecule has 0 heterocycles. The van der Waals surface area contributed by atoms with Crippen LogP contribution in [0.25, 0.3) is 0 Å². The highest BCUT2D eigenvalue weighted by Crippen LogP contribution is 2.13. The number of benzene rings is 2. The van der Waals surface area contributed by atoms with E-state index in [9.17, 15) is 14.4 Å². The maximum absolute atomic E-state index is 12.1. The zero-order valence-electron chi connectivity index (χ0n) is 16.7. The normalized spacial score (nSPS) is 10.3. The molecule has 0 radical (unpaired) electrons. The molecule has 0 saturated heterocycles. The molecule has 3 N–H and O–H groups in total. The lowest BCUT2D eigenvalue weighted by molar-refractivity contribution is -0.126. The Morgan fingerprint density at radius 2 is 1.52 bits per heavy atom. The second-order valence-corrected chi connectivity index (χ2v) is 6.99. The third kappa shape index (κ3) is 8.47. The molecule has 0 fully saturated rings. The first kappa shape index (κ1) is 21.9. The molecule has 2 aromatic rings. The predicted octanol–water partition coefficient (Wildman–Crippen LogP) is 2.58. The van der Waals surface area contributed by atoms with E-state index in [0.717, 1.165) is 5.56 Å². The highest BCUT2D eigenvalue weighted by atomic mass is 16.5. The number of rotatable bonds is 9. The van der Waals surface area contributed by atoms with Crippen LogP contribution >= 0.6 is 0 Å². The summed E-state index contributed by atoms with van der Waals surface area (Å²) < 4.78 is 5.56. The Kier molecular flexibility index (Phi) is 8.69. The Hall–Kier alpha value is -3.35. The first-order chi connectivity index (χ1) is 13.9.